The van der Waals surface area contributed by atoms with Crippen LogP contribution in [0.2, 0.25) is 0 Å². The summed E-state index contributed by atoms with van der Waals surface area (Å²) in [5, 5.41) is 15.0. The van der Waals surface area contributed by atoms with E-state index in [1.807, 2.05) is 62.4 Å². The van der Waals surface area contributed by atoms with Gasteiger partial charge in [0.1, 0.15) is 12.1 Å². The minimum atomic E-state index is -0.812. The zero-order valence-corrected chi connectivity index (χ0v) is 18.6. The third kappa shape index (κ3) is 8.23. The van der Waals surface area contributed by atoms with E-state index in [2.05, 4.69) is 16.7 Å². The lowest BCUT2D eigenvalue weighted by molar-refractivity contribution is -0.130. The molecule has 2 amide bonds. The SMILES string of the molecule is Cc1cccc(COC[C@@H](C#N)NC(=O)[C@H](Cc2cccc(C)c2)NC(=O)C(C)C)c1. The zero-order valence-electron chi connectivity index (χ0n) is 18.6. The van der Waals surface area contributed by atoms with Crippen LogP contribution < -0.4 is 10.6 Å². The first kappa shape index (κ1) is 24.1. The number of hydrogen-bond donors (Lipinski definition) is 2. The molecule has 0 aliphatic rings. The van der Waals surface area contributed by atoms with Gasteiger partial charge in [-0.3, -0.25) is 9.59 Å². The van der Waals surface area contributed by atoms with Gasteiger partial charge in [-0.15, -0.1) is 0 Å². The highest BCUT2D eigenvalue weighted by Crippen LogP contribution is 2.09. The number of hydrogen-bond acceptors (Lipinski definition) is 4. The van der Waals surface area contributed by atoms with E-state index in [1.165, 1.54) is 0 Å². The maximum atomic E-state index is 12.9. The van der Waals surface area contributed by atoms with E-state index in [0.717, 1.165) is 22.3 Å². The molecule has 6 nitrogen and oxygen atoms in total. The van der Waals surface area contributed by atoms with E-state index in [1.54, 1.807) is 13.8 Å². The van der Waals surface area contributed by atoms with Crippen molar-refractivity contribution >= 4 is 11.8 Å². The van der Waals surface area contributed by atoms with Crippen molar-refractivity contribution in [3.05, 3.63) is 70.8 Å². The van der Waals surface area contributed by atoms with E-state index in [4.69, 9.17) is 4.74 Å². The van der Waals surface area contributed by atoms with Crippen LogP contribution in [-0.2, 0) is 27.4 Å². The summed E-state index contributed by atoms with van der Waals surface area (Å²) in [4.78, 5) is 25.2. The summed E-state index contributed by atoms with van der Waals surface area (Å²) in [7, 11) is 0. The number of carbonyl (C=O) groups is 2. The van der Waals surface area contributed by atoms with Gasteiger partial charge in [0, 0.05) is 12.3 Å². The van der Waals surface area contributed by atoms with Crippen LogP contribution in [0.5, 0.6) is 0 Å². The van der Waals surface area contributed by atoms with Gasteiger partial charge in [-0.05, 0) is 25.0 Å². The molecule has 2 rings (SSSR count). The van der Waals surface area contributed by atoms with Gasteiger partial charge in [0.05, 0.1) is 19.3 Å². The Morgan fingerprint density at radius 1 is 0.968 bits per heavy atom. The van der Waals surface area contributed by atoms with Crippen molar-refractivity contribution in [2.24, 2.45) is 5.92 Å². The van der Waals surface area contributed by atoms with Gasteiger partial charge in [-0.2, -0.15) is 5.26 Å². The lowest BCUT2D eigenvalue weighted by atomic mass is 10.0. The molecule has 2 atom stereocenters. The molecule has 0 radical (unpaired) electrons. The second-order valence-electron chi connectivity index (χ2n) is 8.10. The molecule has 2 aromatic carbocycles. The quantitative estimate of drug-likeness (QED) is 0.616. The third-order valence-corrected chi connectivity index (χ3v) is 4.79. The molecule has 0 aliphatic heterocycles. The monoisotopic (exact) mass is 421 g/mol. The average Bonchev–Trinajstić information content (AvgIpc) is 2.72. The molecule has 31 heavy (non-hydrogen) atoms. The van der Waals surface area contributed by atoms with E-state index < -0.39 is 18.0 Å². The number of rotatable bonds is 10. The van der Waals surface area contributed by atoms with Gasteiger partial charge in [0.15, 0.2) is 0 Å². The van der Waals surface area contributed by atoms with Crippen LogP contribution in [-0.4, -0.2) is 30.5 Å². The van der Waals surface area contributed by atoms with Gasteiger partial charge in [-0.1, -0.05) is 73.5 Å². The summed E-state index contributed by atoms with van der Waals surface area (Å²) < 4.78 is 5.64. The van der Waals surface area contributed by atoms with Crippen LogP contribution in [0.15, 0.2) is 48.5 Å². The number of nitrogens with zero attached hydrogens (tertiary/aromatic N) is 1. The maximum absolute atomic E-state index is 12.9. The highest BCUT2D eigenvalue weighted by atomic mass is 16.5. The molecular weight excluding hydrogens is 390 g/mol. The van der Waals surface area contributed by atoms with Crippen molar-refractivity contribution in [3.63, 3.8) is 0 Å². The molecule has 0 bridgehead atoms. The number of aryl methyl sites for hydroxylation is 2. The smallest absolute Gasteiger partial charge is 0.244 e. The molecule has 0 unspecified atom stereocenters. The van der Waals surface area contributed by atoms with Gasteiger partial charge in [0.25, 0.3) is 0 Å². The summed E-state index contributed by atoms with van der Waals surface area (Å²) in [6.45, 7) is 7.94. The summed E-state index contributed by atoms with van der Waals surface area (Å²) >= 11 is 0. The fourth-order valence-electron chi connectivity index (χ4n) is 3.10. The Morgan fingerprint density at radius 3 is 2.16 bits per heavy atom. The Morgan fingerprint density at radius 2 is 1.58 bits per heavy atom. The first-order chi connectivity index (χ1) is 14.8. The van der Waals surface area contributed by atoms with E-state index in [9.17, 15) is 14.9 Å². The third-order valence-electron chi connectivity index (χ3n) is 4.79. The second-order valence-corrected chi connectivity index (χ2v) is 8.10. The highest BCUT2D eigenvalue weighted by molar-refractivity contribution is 5.88. The molecule has 0 fully saturated rings. The number of nitriles is 1. The fraction of sp³-hybridized carbons (Fsp3) is 0.400. The molecule has 164 valence electrons. The van der Waals surface area contributed by atoms with E-state index in [0.29, 0.717) is 13.0 Å². The van der Waals surface area contributed by atoms with Gasteiger partial charge >= 0.3 is 0 Å². The summed E-state index contributed by atoms with van der Waals surface area (Å²) in [5.41, 5.74) is 4.15. The lowest BCUT2D eigenvalue weighted by Crippen LogP contribution is -2.52. The minimum Gasteiger partial charge on any atom is -0.374 e. The van der Waals surface area contributed by atoms with E-state index >= 15 is 0 Å². The van der Waals surface area contributed by atoms with Crippen molar-refractivity contribution in [2.75, 3.05) is 6.61 Å². The molecule has 6 heteroatoms. The number of amides is 2. The summed E-state index contributed by atoms with van der Waals surface area (Å²) in [6.07, 6.45) is 0.342. The van der Waals surface area contributed by atoms with Gasteiger partial charge < -0.3 is 15.4 Å². The molecule has 0 aliphatic carbocycles. The topological polar surface area (TPSA) is 91.2 Å². The Hall–Kier alpha value is -3.17. The van der Waals surface area contributed by atoms with Crippen LogP contribution in [0.1, 0.15) is 36.1 Å². The Balaban J connectivity index is 2.00. The molecule has 0 saturated carbocycles. The second kappa shape index (κ2) is 11.9. The largest absolute Gasteiger partial charge is 0.374 e. The van der Waals surface area contributed by atoms with Crippen LogP contribution in [0, 0.1) is 31.1 Å². The number of nitrogens with one attached hydrogen (secondary N) is 2. The van der Waals surface area contributed by atoms with Crippen molar-refractivity contribution in [1.29, 1.82) is 5.26 Å². The predicted molar refractivity (Wildman–Crippen MR) is 120 cm³/mol. The molecular formula is C25H31N3O3. The Bertz CT molecular complexity index is 934. The molecule has 0 heterocycles. The van der Waals surface area contributed by atoms with Crippen LogP contribution in [0.25, 0.3) is 0 Å². The molecule has 0 spiro atoms. The standard InChI is InChI=1S/C25H31N3O3/c1-17(2)24(29)28-23(13-20-9-5-7-18(3)11-20)25(30)27-22(14-26)16-31-15-21-10-6-8-19(4)12-21/h5-12,17,22-23H,13,15-16H2,1-4H3,(H,27,30)(H,28,29)/t22-,23+/m1/s1. The van der Waals surface area contributed by atoms with Gasteiger partial charge in [0.2, 0.25) is 11.8 Å². The Labute approximate surface area is 184 Å². The lowest BCUT2D eigenvalue weighted by Gasteiger charge is -2.22. The molecule has 2 aromatic rings. The van der Waals surface area contributed by atoms with E-state index in [-0.39, 0.29) is 18.4 Å². The number of carbonyl (C=O) groups excluding carboxylic acids is 2. The van der Waals surface area contributed by atoms with Crippen LogP contribution in [0.3, 0.4) is 0 Å². The van der Waals surface area contributed by atoms with Crippen molar-refractivity contribution in [2.45, 2.75) is 52.8 Å². The predicted octanol–water partition coefficient (Wildman–Crippen LogP) is 3.21. The fourth-order valence-corrected chi connectivity index (χ4v) is 3.10. The molecule has 0 aromatic heterocycles. The number of ether oxygens (including phenoxy) is 1. The zero-order chi connectivity index (χ0) is 22.8. The summed E-state index contributed by atoms with van der Waals surface area (Å²) in [5.74, 6) is -0.865. The van der Waals surface area contributed by atoms with Crippen LogP contribution >= 0.6 is 0 Å². The van der Waals surface area contributed by atoms with Gasteiger partial charge in [-0.25, -0.2) is 0 Å². The number of benzene rings is 2. The minimum absolute atomic E-state index is 0.0610. The van der Waals surface area contributed by atoms with Crippen molar-refractivity contribution in [1.82, 2.24) is 10.6 Å². The van der Waals surface area contributed by atoms with Crippen LogP contribution in [0.4, 0.5) is 0 Å². The molecule has 0 saturated heterocycles. The van der Waals surface area contributed by atoms with Crippen molar-refractivity contribution in [3.8, 4) is 6.07 Å². The average molecular weight is 422 g/mol. The molecule has 2 N–H and O–H groups in total. The maximum Gasteiger partial charge on any atom is 0.244 e. The normalized spacial score (nSPS) is 12.6. The first-order valence-electron chi connectivity index (χ1n) is 10.5. The summed E-state index contributed by atoms with van der Waals surface area (Å²) in [6, 6.07) is 16.2. The van der Waals surface area contributed by atoms with Crippen molar-refractivity contribution < 1.29 is 14.3 Å². The first-order valence-corrected chi connectivity index (χ1v) is 10.5. The highest BCUT2D eigenvalue weighted by Gasteiger charge is 2.25. The Kier molecular flexibility index (Phi) is 9.23.